The van der Waals surface area contributed by atoms with Crippen LogP contribution < -0.4 is 10.2 Å². The summed E-state index contributed by atoms with van der Waals surface area (Å²) >= 11 is 0. The molecule has 3 rings (SSSR count). The van der Waals surface area contributed by atoms with Crippen molar-refractivity contribution in [2.45, 2.75) is 58.8 Å². The SMILES string of the molecule is CCCCN(CCCC)c1ccc(CCCc2ccc(Nc3ccccc3C(=O)O)cc2)cc1. The maximum atomic E-state index is 11.4. The van der Waals surface area contributed by atoms with Crippen LogP contribution in [0.5, 0.6) is 0 Å². The Balaban J connectivity index is 1.50. The minimum absolute atomic E-state index is 0.274. The van der Waals surface area contributed by atoms with Crippen LogP contribution in [0.4, 0.5) is 17.1 Å². The Morgan fingerprint density at radius 1 is 0.765 bits per heavy atom. The van der Waals surface area contributed by atoms with E-state index in [0.29, 0.717) is 5.69 Å². The molecule has 0 fully saturated rings. The smallest absolute Gasteiger partial charge is 0.337 e. The zero-order valence-corrected chi connectivity index (χ0v) is 20.6. The second kappa shape index (κ2) is 13.4. The maximum absolute atomic E-state index is 11.4. The topological polar surface area (TPSA) is 52.6 Å². The van der Waals surface area contributed by atoms with E-state index in [1.54, 1.807) is 18.2 Å². The number of aromatic carboxylic acids is 1. The van der Waals surface area contributed by atoms with Crippen LogP contribution in [0.2, 0.25) is 0 Å². The Kier molecular flexibility index (Phi) is 10.0. The average molecular weight is 459 g/mol. The normalized spacial score (nSPS) is 10.8. The summed E-state index contributed by atoms with van der Waals surface area (Å²) in [7, 11) is 0. The summed E-state index contributed by atoms with van der Waals surface area (Å²) in [6, 6.07) is 24.4. The fourth-order valence-electron chi connectivity index (χ4n) is 4.13. The van der Waals surface area contributed by atoms with Gasteiger partial charge in [-0.3, -0.25) is 0 Å². The summed E-state index contributed by atoms with van der Waals surface area (Å²) in [5.74, 6) is -0.928. The summed E-state index contributed by atoms with van der Waals surface area (Å²) in [4.78, 5) is 13.9. The van der Waals surface area contributed by atoms with E-state index in [1.165, 1.54) is 42.5 Å². The zero-order valence-electron chi connectivity index (χ0n) is 20.6. The monoisotopic (exact) mass is 458 g/mol. The van der Waals surface area contributed by atoms with Crippen molar-refractivity contribution in [2.24, 2.45) is 0 Å². The predicted molar refractivity (Wildman–Crippen MR) is 144 cm³/mol. The van der Waals surface area contributed by atoms with Gasteiger partial charge in [-0.05, 0) is 79.6 Å². The molecule has 0 unspecified atom stereocenters. The molecule has 0 spiro atoms. The van der Waals surface area contributed by atoms with Crippen LogP contribution in [-0.2, 0) is 12.8 Å². The van der Waals surface area contributed by atoms with Crippen LogP contribution in [0.25, 0.3) is 0 Å². The van der Waals surface area contributed by atoms with Gasteiger partial charge in [-0.2, -0.15) is 0 Å². The van der Waals surface area contributed by atoms with Gasteiger partial charge in [0.25, 0.3) is 0 Å². The molecule has 180 valence electrons. The highest BCUT2D eigenvalue weighted by molar-refractivity contribution is 5.95. The number of hydrogen-bond acceptors (Lipinski definition) is 3. The molecule has 0 amide bonds. The molecule has 0 aromatic heterocycles. The first kappa shape index (κ1) is 25.4. The quantitative estimate of drug-likeness (QED) is 0.260. The highest BCUT2D eigenvalue weighted by atomic mass is 16.4. The van der Waals surface area contributed by atoms with E-state index in [-0.39, 0.29) is 5.56 Å². The van der Waals surface area contributed by atoms with Gasteiger partial charge in [-0.15, -0.1) is 0 Å². The minimum atomic E-state index is -0.928. The standard InChI is InChI=1S/C30H38N2O2/c1-3-5-22-32(23-6-4-2)27-20-16-25(17-21-27)11-9-10-24-14-18-26(19-15-24)31-29-13-8-7-12-28(29)30(33)34/h7-8,12-21,31H,3-6,9-11,22-23H2,1-2H3,(H,33,34). The van der Waals surface area contributed by atoms with Crippen molar-refractivity contribution in [1.29, 1.82) is 0 Å². The molecule has 4 nitrogen and oxygen atoms in total. The van der Waals surface area contributed by atoms with Crippen LogP contribution in [0, 0.1) is 0 Å². The Hall–Kier alpha value is -3.27. The highest BCUT2D eigenvalue weighted by Crippen LogP contribution is 2.22. The first-order valence-corrected chi connectivity index (χ1v) is 12.6. The number of benzene rings is 3. The van der Waals surface area contributed by atoms with Crippen molar-refractivity contribution in [3.8, 4) is 0 Å². The predicted octanol–water partition coefficient (Wildman–Crippen LogP) is 7.71. The van der Waals surface area contributed by atoms with E-state index in [9.17, 15) is 9.90 Å². The van der Waals surface area contributed by atoms with Gasteiger partial charge in [0.15, 0.2) is 0 Å². The Morgan fingerprint density at radius 3 is 1.88 bits per heavy atom. The third-order valence-electron chi connectivity index (χ3n) is 6.19. The van der Waals surface area contributed by atoms with E-state index in [4.69, 9.17) is 0 Å². The van der Waals surface area contributed by atoms with Crippen molar-refractivity contribution < 1.29 is 9.90 Å². The molecule has 0 bridgehead atoms. The molecule has 2 N–H and O–H groups in total. The van der Waals surface area contributed by atoms with Crippen LogP contribution in [0.3, 0.4) is 0 Å². The third kappa shape index (κ3) is 7.65. The number of rotatable bonds is 14. The van der Waals surface area contributed by atoms with Crippen molar-refractivity contribution >= 4 is 23.0 Å². The molecule has 3 aromatic carbocycles. The number of aryl methyl sites for hydroxylation is 2. The maximum Gasteiger partial charge on any atom is 0.337 e. The summed E-state index contributed by atoms with van der Waals surface area (Å²) < 4.78 is 0. The van der Waals surface area contributed by atoms with Crippen LogP contribution in [0.1, 0.15) is 67.4 Å². The van der Waals surface area contributed by atoms with Crippen molar-refractivity contribution in [1.82, 2.24) is 0 Å². The van der Waals surface area contributed by atoms with Crippen LogP contribution in [-0.4, -0.2) is 24.2 Å². The molecule has 0 aliphatic rings. The Morgan fingerprint density at radius 2 is 1.32 bits per heavy atom. The van der Waals surface area contributed by atoms with E-state index < -0.39 is 5.97 Å². The molecule has 0 saturated carbocycles. The van der Waals surface area contributed by atoms with Gasteiger partial charge in [0.05, 0.1) is 11.3 Å². The summed E-state index contributed by atoms with van der Waals surface area (Å²) in [6.07, 6.45) is 8.13. The molecule has 3 aromatic rings. The number of carboxylic acid groups (broad SMARTS) is 1. The van der Waals surface area contributed by atoms with Crippen molar-refractivity contribution in [3.05, 3.63) is 89.5 Å². The fraction of sp³-hybridized carbons (Fsp3) is 0.367. The third-order valence-corrected chi connectivity index (χ3v) is 6.19. The van der Waals surface area contributed by atoms with E-state index in [0.717, 1.165) is 38.0 Å². The summed E-state index contributed by atoms with van der Waals surface area (Å²) in [5.41, 5.74) is 5.80. The number of nitrogens with zero attached hydrogens (tertiary/aromatic N) is 1. The highest BCUT2D eigenvalue weighted by Gasteiger charge is 2.09. The molecular formula is C30H38N2O2. The Bertz CT molecular complexity index is 1000. The van der Waals surface area contributed by atoms with E-state index in [1.807, 2.05) is 18.2 Å². The molecular weight excluding hydrogens is 420 g/mol. The number of hydrogen-bond donors (Lipinski definition) is 2. The van der Waals surface area contributed by atoms with E-state index in [2.05, 4.69) is 60.5 Å². The van der Waals surface area contributed by atoms with Gasteiger partial charge in [0, 0.05) is 24.5 Å². The first-order valence-electron chi connectivity index (χ1n) is 12.6. The molecule has 0 heterocycles. The minimum Gasteiger partial charge on any atom is -0.478 e. The first-order chi connectivity index (χ1) is 16.6. The Labute approximate surface area is 204 Å². The summed E-state index contributed by atoms with van der Waals surface area (Å²) in [6.45, 7) is 6.79. The lowest BCUT2D eigenvalue weighted by Gasteiger charge is -2.25. The number of carboxylic acids is 1. The molecule has 0 aliphatic carbocycles. The van der Waals surface area contributed by atoms with Crippen molar-refractivity contribution in [2.75, 3.05) is 23.3 Å². The van der Waals surface area contributed by atoms with Gasteiger partial charge < -0.3 is 15.3 Å². The molecule has 0 radical (unpaired) electrons. The lowest BCUT2D eigenvalue weighted by atomic mass is 10.0. The molecule has 0 atom stereocenters. The van der Waals surface area contributed by atoms with Crippen molar-refractivity contribution in [3.63, 3.8) is 0 Å². The largest absolute Gasteiger partial charge is 0.478 e. The molecule has 0 saturated heterocycles. The molecule has 0 aliphatic heterocycles. The number of unbranched alkanes of at least 4 members (excludes halogenated alkanes) is 2. The molecule has 34 heavy (non-hydrogen) atoms. The number of nitrogens with one attached hydrogen (secondary N) is 1. The zero-order chi connectivity index (χ0) is 24.2. The summed E-state index contributed by atoms with van der Waals surface area (Å²) in [5, 5.41) is 12.6. The lowest BCUT2D eigenvalue weighted by molar-refractivity contribution is 0.0698. The lowest BCUT2D eigenvalue weighted by Crippen LogP contribution is -2.25. The number of carbonyl (C=O) groups is 1. The number of anilines is 3. The van der Waals surface area contributed by atoms with Crippen LogP contribution >= 0.6 is 0 Å². The van der Waals surface area contributed by atoms with Gasteiger partial charge in [0.1, 0.15) is 0 Å². The second-order valence-corrected chi connectivity index (χ2v) is 8.89. The van der Waals surface area contributed by atoms with Gasteiger partial charge in [-0.25, -0.2) is 4.79 Å². The van der Waals surface area contributed by atoms with E-state index >= 15 is 0 Å². The van der Waals surface area contributed by atoms with Gasteiger partial charge in [-0.1, -0.05) is 63.1 Å². The fourth-order valence-corrected chi connectivity index (χ4v) is 4.13. The van der Waals surface area contributed by atoms with Gasteiger partial charge >= 0.3 is 5.97 Å². The molecule has 4 heteroatoms. The average Bonchev–Trinajstić information content (AvgIpc) is 2.86. The number of para-hydroxylation sites is 1. The van der Waals surface area contributed by atoms with Gasteiger partial charge in [0.2, 0.25) is 0 Å². The second-order valence-electron chi connectivity index (χ2n) is 8.89. The van der Waals surface area contributed by atoms with Crippen LogP contribution in [0.15, 0.2) is 72.8 Å².